The normalized spacial score (nSPS) is 15.5. The molecule has 0 spiro atoms. The molecule has 2 aliphatic heterocycles. The molecule has 2 aromatic carbocycles. The molecule has 0 N–H and O–H groups in total. The van der Waals surface area contributed by atoms with E-state index in [0.717, 1.165) is 32.4 Å². The summed E-state index contributed by atoms with van der Waals surface area (Å²) in [5.41, 5.74) is 0.580. The first kappa shape index (κ1) is 17.1. The zero-order valence-corrected chi connectivity index (χ0v) is 14.6. The van der Waals surface area contributed by atoms with Crippen molar-refractivity contribution >= 4 is 17.3 Å². The number of carbonyl (C=O) groups excluding carboxylic acids is 1. The van der Waals surface area contributed by atoms with Crippen LogP contribution in [0.25, 0.3) is 0 Å². The summed E-state index contributed by atoms with van der Waals surface area (Å²) in [6.07, 6.45) is 3.14. The third-order valence-corrected chi connectivity index (χ3v) is 4.66. The number of nitro groups is 1. The van der Waals surface area contributed by atoms with Gasteiger partial charge in [-0.3, -0.25) is 10.1 Å². The van der Waals surface area contributed by atoms with Gasteiger partial charge in [-0.1, -0.05) is 0 Å². The molecule has 8 nitrogen and oxygen atoms in total. The highest BCUT2D eigenvalue weighted by Crippen LogP contribution is 2.36. The van der Waals surface area contributed by atoms with E-state index in [4.69, 9.17) is 14.2 Å². The van der Waals surface area contributed by atoms with Gasteiger partial charge in [0.2, 0.25) is 6.79 Å². The van der Waals surface area contributed by atoms with Gasteiger partial charge < -0.3 is 19.1 Å². The Labute approximate surface area is 155 Å². The molecule has 0 unspecified atom stereocenters. The van der Waals surface area contributed by atoms with E-state index in [0.29, 0.717) is 17.2 Å². The zero-order valence-electron chi connectivity index (χ0n) is 14.6. The third-order valence-electron chi connectivity index (χ3n) is 4.66. The molecule has 2 aliphatic rings. The van der Waals surface area contributed by atoms with E-state index < -0.39 is 10.9 Å². The Morgan fingerprint density at radius 3 is 2.59 bits per heavy atom. The van der Waals surface area contributed by atoms with Gasteiger partial charge in [-0.2, -0.15) is 0 Å². The largest absolute Gasteiger partial charge is 0.454 e. The van der Waals surface area contributed by atoms with Crippen molar-refractivity contribution in [1.82, 2.24) is 0 Å². The van der Waals surface area contributed by atoms with Crippen LogP contribution in [-0.4, -0.2) is 30.8 Å². The van der Waals surface area contributed by atoms with E-state index in [9.17, 15) is 14.9 Å². The fraction of sp³-hybridized carbons (Fsp3) is 0.316. The molecule has 27 heavy (non-hydrogen) atoms. The Morgan fingerprint density at radius 2 is 1.81 bits per heavy atom. The van der Waals surface area contributed by atoms with Crippen LogP contribution in [0.1, 0.15) is 29.6 Å². The lowest BCUT2D eigenvalue weighted by Crippen LogP contribution is -2.30. The topological polar surface area (TPSA) is 91.1 Å². The lowest BCUT2D eigenvalue weighted by Gasteiger charge is -2.28. The number of fused-ring (bicyclic) bond motifs is 1. The lowest BCUT2D eigenvalue weighted by atomic mass is 10.1. The number of carbonyl (C=O) groups is 1. The minimum atomic E-state index is -0.665. The van der Waals surface area contributed by atoms with Crippen LogP contribution < -0.4 is 19.1 Å². The van der Waals surface area contributed by atoms with Gasteiger partial charge in [-0.25, -0.2) is 4.79 Å². The zero-order chi connectivity index (χ0) is 18.8. The van der Waals surface area contributed by atoms with Crippen LogP contribution in [-0.2, 0) is 0 Å². The second-order valence-corrected chi connectivity index (χ2v) is 6.41. The minimum Gasteiger partial charge on any atom is -0.454 e. The van der Waals surface area contributed by atoms with Crippen molar-refractivity contribution in [3.63, 3.8) is 0 Å². The fourth-order valence-corrected chi connectivity index (χ4v) is 3.31. The first-order valence-corrected chi connectivity index (χ1v) is 8.77. The van der Waals surface area contributed by atoms with Gasteiger partial charge >= 0.3 is 5.97 Å². The number of piperidine rings is 1. The van der Waals surface area contributed by atoms with Crippen molar-refractivity contribution in [3.05, 3.63) is 52.1 Å². The second kappa shape index (κ2) is 7.14. The van der Waals surface area contributed by atoms with Crippen LogP contribution in [0.15, 0.2) is 36.4 Å². The maximum absolute atomic E-state index is 12.4. The number of anilines is 1. The lowest BCUT2D eigenvalue weighted by molar-refractivity contribution is -0.384. The summed E-state index contributed by atoms with van der Waals surface area (Å²) in [5.74, 6) is 0.692. The molecule has 0 bridgehead atoms. The average molecular weight is 370 g/mol. The summed E-state index contributed by atoms with van der Waals surface area (Å²) in [7, 11) is 0. The molecule has 2 heterocycles. The Hall–Kier alpha value is -3.29. The fourth-order valence-electron chi connectivity index (χ4n) is 3.31. The summed E-state index contributed by atoms with van der Waals surface area (Å²) in [4.78, 5) is 25.5. The molecule has 0 radical (unpaired) electrons. The molecule has 0 aromatic heterocycles. The molecule has 0 amide bonds. The van der Waals surface area contributed by atoms with E-state index in [2.05, 4.69) is 0 Å². The molecule has 2 aromatic rings. The van der Waals surface area contributed by atoms with Crippen molar-refractivity contribution < 1.29 is 23.9 Å². The molecule has 1 saturated heterocycles. The average Bonchev–Trinajstić information content (AvgIpc) is 3.16. The van der Waals surface area contributed by atoms with Gasteiger partial charge in [-0.05, 0) is 43.5 Å². The molecule has 8 heteroatoms. The van der Waals surface area contributed by atoms with E-state index in [1.54, 1.807) is 30.3 Å². The van der Waals surface area contributed by atoms with Crippen LogP contribution >= 0.6 is 0 Å². The van der Waals surface area contributed by atoms with Crippen LogP contribution in [0.5, 0.6) is 17.2 Å². The van der Waals surface area contributed by atoms with E-state index in [1.165, 1.54) is 6.07 Å². The van der Waals surface area contributed by atoms with Gasteiger partial charge in [0, 0.05) is 25.2 Å². The first-order chi connectivity index (χ1) is 13.1. The van der Waals surface area contributed by atoms with Crippen molar-refractivity contribution in [3.8, 4) is 17.2 Å². The highest BCUT2D eigenvalue weighted by Gasteiger charge is 2.24. The quantitative estimate of drug-likeness (QED) is 0.352. The van der Waals surface area contributed by atoms with Crippen LogP contribution in [0.3, 0.4) is 0 Å². The molecular formula is C19H18N2O6. The molecule has 140 valence electrons. The summed E-state index contributed by atoms with van der Waals surface area (Å²) in [6, 6.07) is 9.25. The van der Waals surface area contributed by atoms with E-state index in [1.807, 2.05) is 4.90 Å². The number of nitrogens with zero attached hydrogens (tertiary/aromatic N) is 2. The van der Waals surface area contributed by atoms with Crippen molar-refractivity contribution in [1.29, 1.82) is 0 Å². The molecule has 0 saturated carbocycles. The number of ether oxygens (including phenoxy) is 3. The van der Waals surface area contributed by atoms with Gasteiger partial charge in [0.1, 0.15) is 11.4 Å². The predicted molar refractivity (Wildman–Crippen MR) is 96.7 cm³/mol. The number of rotatable bonds is 4. The molecule has 0 aliphatic carbocycles. The molecular weight excluding hydrogens is 352 g/mol. The number of hydrogen-bond acceptors (Lipinski definition) is 7. The molecule has 1 fully saturated rings. The van der Waals surface area contributed by atoms with Crippen LogP contribution in [0.2, 0.25) is 0 Å². The highest BCUT2D eigenvalue weighted by atomic mass is 16.7. The summed E-state index contributed by atoms with van der Waals surface area (Å²) in [6.45, 7) is 1.68. The second-order valence-electron chi connectivity index (χ2n) is 6.41. The number of benzene rings is 2. The van der Waals surface area contributed by atoms with Gasteiger partial charge in [0.05, 0.1) is 10.5 Å². The van der Waals surface area contributed by atoms with E-state index in [-0.39, 0.29) is 23.8 Å². The van der Waals surface area contributed by atoms with Crippen molar-refractivity contribution in [2.45, 2.75) is 19.3 Å². The Kier molecular flexibility index (Phi) is 4.53. The van der Waals surface area contributed by atoms with E-state index >= 15 is 0 Å². The highest BCUT2D eigenvalue weighted by molar-refractivity contribution is 5.93. The number of esters is 1. The monoisotopic (exact) mass is 370 g/mol. The van der Waals surface area contributed by atoms with Crippen LogP contribution in [0.4, 0.5) is 11.4 Å². The van der Waals surface area contributed by atoms with Crippen molar-refractivity contribution in [2.24, 2.45) is 0 Å². The number of hydrogen-bond donors (Lipinski definition) is 0. The molecule has 4 rings (SSSR count). The van der Waals surface area contributed by atoms with Gasteiger partial charge in [-0.15, -0.1) is 0 Å². The predicted octanol–water partition coefficient (Wildman–Crippen LogP) is 3.53. The SMILES string of the molecule is O=C(Oc1ccc2c(c1)OCO2)c1ccc(N2CCCCC2)c([N+](=O)[O-])c1. The maximum atomic E-state index is 12.4. The smallest absolute Gasteiger partial charge is 0.343 e. The first-order valence-electron chi connectivity index (χ1n) is 8.77. The van der Waals surface area contributed by atoms with Gasteiger partial charge in [0.25, 0.3) is 5.69 Å². The standard InChI is InChI=1S/C19H18N2O6/c22-19(27-14-5-7-17-18(11-14)26-12-25-17)13-4-6-15(16(10-13)21(23)24)20-8-2-1-3-9-20/h4-7,10-11H,1-3,8-9,12H2. The third kappa shape index (κ3) is 3.51. The van der Waals surface area contributed by atoms with Crippen molar-refractivity contribution in [2.75, 3.05) is 24.8 Å². The van der Waals surface area contributed by atoms with Crippen LogP contribution in [0, 0.1) is 10.1 Å². The minimum absolute atomic E-state index is 0.0861. The Morgan fingerprint density at radius 1 is 1.04 bits per heavy atom. The Bertz CT molecular complexity index is 892. The molecule has 0 atom stereocenters. The Balaban J connectivity index is 1.56. The maximum Gasteiger partial charge on any atom is 0.343 e. The summed E-state index contributed by atoms with van der Waals surface area (Å²) >= 11 is 0. The summed E-state index contributed by atoms with van der Waals surface area (Å²) in [5, 5.41) is 11.5. The van der Waals surface area contributed by atoms with Gasteiger partial charge in [0.15, 0.2) is 11.5 Å². The number of nitro benzene ring substituents is 1. The summed E-state index contributed by atoms with van der Waals surface area (Å²) < 4.78 is 15.8.